The lowest BCUT2D eigenvalue weighted by Crippen LogP contribution is -2.20. The Morgan fingerprint density at radius 2 is 1.58 bits per heavy atom. The van der Waals surface area contributed by atoms with E-state index in [-0.39, 0.29) is 43.6 Å². The molecule has 1 unspecified atom stereocenters. The number of benzene rings is 3. The van der Waals surface area contributed by atoms with Crippen LogP contribution in [0.1, 0.15) is 65.2 Å². The van der Waals surface area contributed by atoms with Crippen LogP contribution in [0.5, 0.6) is 0 Å². The number of aliphatic hydroxyl groups excluding tert-OH is 1. The van der Waals surface area contributed by atoms with Crippen LogP contribution in [0, 0.1) is 6.92 Å². The Bertz CT molecular complexity index is 1660. The summed E-state index contributed by atoms with van der Waals surface area (Å²) in [4.78, 5) is 11.4. The first-order valence-electron chi connectivity index (χ1n) is 11.6. The Morgan fingerprint density at radius 3 is 2.18 bits per heavy atom. The minimum absolute atomic E-state index is 0.00110. The van der Waals surface area contributed by atoms with Gasteiger partial charge in [0.25, 0.3) is 10.0 Å². The van der Waals surface area contributed by atoms with Gasteiger partial charge >= 0.3 is 12.1 Å². The molecule has 0 saturated heterocycles. The van der Waals surface area contributed by atoms with E-state index in [0.29, 0.717) is 0 Å². The Kier molecular flexibility index (Phi) is 6.70. The smallest absolute Gasteiger partial charge is 0.416 e. The molecular formula is C28H26F3NO5S. The topological polar surface area (TPSA) is 96.6 Å². The van der Waals surface area contributed by atoms with Crippen molar-refractivity contribution in [2.24, 2.45) is 0 Å². The molecule has 6 nitrogen and oxygen atoms in total. The molecule has 200 valence electrons. The highest BCUT2D eigenvalue weighted by atomic mass is 32.2. The predicted octanol–water partition coefficient (Wildman–Crippen LogP) is 6.28. The summed E-state index contributed by atoms with van der Waals surface area (Å²) in [5.41, 5.74) is -0.790. The minimum atomic E-state index is -4.67. The summed E-state index contributed by atoms with van der Waals surface area (Å²) in [6, 6.07) is 14.3. The second kappa shape index (κ2) is 9.28. The average Bonchev–Trinajstić information content (AvgIpc) is 3.15. The van der Waals surface area contributed by atoms with E-state index in [9.17, 15) is 36.6 Å². The third-order valence-electron chi connectivity index (χ3n) is 6.50. The number of alkyl halides is 3. The SMILES string of the molecule is Cc1c(C(O)c2cccc(C(=O)O)c2)n(S(=O)(=O)c2cccc(C(C)(C)C)c2)c2ccc(C(F)(F)F)cc12. The van der Waals surface area contributed by atoms with Gasteiger partial charge in [-0.25, -0.2) is 17.2 Å². The highest BCUT2D eigenvalue weighted by Crippen LogP contribution is 2.39. The Labute approximate surface area is 218 Å². The zero-order valence-corrected chi connectivity index (χ0v) is 21.9. The fourth-order valence-corrected chi connectivity index (χ4v) is 6.06. The molecule has 0 spiro atoms. The van der Waals surface area contributed by atoms with Gasteiger partial charge in [-0.15, -0.1) is 0 Å². The van der Waals surface area contributed by atoms with Gasteiger partial charge in [0.15, 0.2) is 0 Å². The predicted molar refractivity (Wildman–Crippen MR) is 137 cm³/mol. The number of carboxylic acids is 1. The largest absolute Gasteiger partial charge is 0.478 e. The molecule has 38 heavy (non-hydrogen) atoms. The van der Waals surface area contributed by atoms with E-state index in [2.05, 4.69) is 0 Å². The number of aliphatic hydroxyl groups is 1. The maximum absolute atomic E-state index is 14.1. The van der Waals surface area contributed by atoms with Gasteiger partial charge < -0.3 is 10.2 Å². The number of aromatic nitrogens is 1. The van der Waals surface area contributed by atoms with Crippen LogP contribution in [0.25, 0.3) is 10.9 Å². The summed E-state index contributed by atoms with van der Waals surface area (Å²) in [5, 5.41) is 20.8. The summed E-state index contributed by atoms with van der Waals surface area (Å²) in [5.74, 6) is -1.25. The monoisotopic (exact) mass is 545 g/mol. The lowest BCUT2D eigenvalue weighted by molar-refractivity contribution is -0.137. The molecule has 0 amide bonds. The molecule has 0 radical (unpaired) electrons. The molecule has 4 aromatic rings. The lowest BCUT2D eigenvalue weighted by atomic mass is 9.87. The molecule has 0 fully saturated rings. The first kappa shape index (κ1) is 27.4. The number of fused-ring (bicyclic) bond motifs is 1. The number of carboxylic acid groups (broad SMARTS) is 1. The number of hydrogen-bond acceptors (Lipinski definition) is 4. The summed E-state index contributed by atoms with van der Waals surface area (Å²) < 4.78 is 69.6. The first-order valence-corrected chi connectivity index (χ1v) is 13.1. The number of hydrogen-bond donors (Lipinski definition) is 2. The summed E-state index contributed by atoms with van der Waals surface area (Å²) >= 11 is 0. The van der Waals surface area contributed by atoms with E-state index in [1.165, 1.54) is 43.3 Å². The van der Waals surface area contributed by atoms with Crippen molar-refractivity contribution in [1.29, 1.82) is 0 Å². The maximum Gasteiger partial charge on any atom is 0.416 e. The second-order valence-electron chi connectivity index (χ2n) is 10.1. The third-order valence-corrected chi connectivity index (χ3v) is 8.22. The van der Waals surface area contributed by atoms with Crippen molar-refractivity contribution in [1.82, 2.24) is 3.97 Å². The van der Waals surface area contributed by atoms with E-state index in [4.69, 9.17) is 0 Å². The molecule has 0 saturated carbocycles. The zero-order valence-electron chi connectivity index (χ0n) is 21.0. The van der Waals surface area contributed by atoms with Gasteiger partial charge in [-0.1, -0.05) is 45.0 Å². The quantitative estimate of drug-likeness (QED) is 0.308. The second-order valence-corrected chi connectivity index (χ2v) is 11.9. The van der Waals surface area contributed by atoms with Gasteiger partial charge in [-0.2, -0.15) is 13.2 Å². The highest BCUT2D eigenvalue weighted by Gasteiger charge is 2.34. The van der Waals surface area contributed by atoms with E-state index in [0.717, 1.165) is 27.7 Å². The van der Waals surface area contributed by atoms with Crippen LogP contribution in [-0.4, -0.2) is 28.6 Å². The van der Waals surface area contributed by atoms with Gasteiger partial charge in [-0.05, 0) is 71.5 Å². The third kappa shape index (κ3) is 4.81. The molecule has 3 aromatic carbocycles. The van der Waals surface area contributed by atoms with Crippen molar-refractivity contribution in [3.63, 3.8) is 0 Å². The van der Waals surface area contributed by atoms with Crippen LogP contribution >= 0.6 is 0 Å². The molecule has 1 atom stereocenters. The van der Waals surface area contributed by atoms with Crippen molar-refractivity contribution < 1.29 is 36.6 Å². The molecule has 2 N–H and O–H groups in total. The zero-order chi connectivity index (χ0) is 28.2. The molecule has 0 aliphatic rings. The molecule has 4 rings (SSSR count). The number of halogens is 3. The fourth-order valence-electron chi connectivity index (χ4n) is 4.41. The van der Waals surface area contributed by atoms with Crippen molar-refractivity contribution in [2.75, 3.05) is 0 Å². The Hall–Kier alpha value is -3.63. The van der Waals surface area contributed by atoms with Crippen LogP contribution in [-0.2, 0) is 21.6 Å². The van der Waals surface area contributed by atoms with Gasteiger partial charge in [0.05, 0.1) is 27.2 Å². The molecule has 0 aliphatic carbocycles. The van der Waals surface area contributed by atoms with Crippen LogP contribution in [0.2, 0.25) is 0 Å². The number of aryl methyl sites for hydroxylation is 1. The number of carbonyl (C=O) groups is 1. The average molecular weight is 546 g/mol. The minimum Gasteiger partial charge on any atom is -0.478 e. The Balaban J connectivity index is 2.06. The van der Waals surface area contributed by atoms with Gasteiger partial charge in [0.1, 0.15) is 6.10 Å². The molecule has 10 heteroatoms. The van der Waals surface area contributed by atoms with Gasteiger partial charge in [-0.3, -0.25) is 0 Å². The molecule has 1 heterocycles. The maximum atomic E-state index is 14.1. The van der Waals surface area contributed by atoms with Crippen LogP contribution in [0.3, 0.4) is 0 Å². The normalized spacial score (nSPS) is 13.6. The summed E-state index contributed by atoms with van der Waals surface area (Å²) in [6.45, 7) is 7.17. The molecule has 0 aliphatic heterocycles. The fraction of sp³-hybridized carbons (Fsp3) is 0.250. The van der Waals surface area contributed by atoms with Crippen LogP contribution in [0.4, 0.5) is 13.2 Å². The number of nitrogens with zero attached hydrogens (tertiary/aromatic N) is 1. The standard InChI is InChI=1S/C28H26F3NO5S/c1-16-22-15-20(28(29,30)31)11-12-23(22)32(24(16)25(33)17-7-5-8-18(13-17)26(34)35)38(36,37)21-10-6-9-19(14-21)27(2,3)4/h5-15,25,33H,1-4H3,(H,34,35). The van der Waals surface area contributed by atoms with Gasteiger partial charge in [0, 0.05) is 5.39 Å². The molecular weight excluding hydrogens is 519 g/mol. The molecule has 1 aromatic heterocycles. The highest BCUT2D eigenvalue weighted by molar-refractivity contribution is 7.90. The number of aromatic carboxylic acids is 1. The lowest BCUT2D eigenvalue weighted by Gasteiger charge is -2.21. The van der Waals surface area contributed by atoms with Crippen molar-refractivity contribution in [2.45, 2.75) is 50.3 Å². The van der Waals surface area contributed by atoms with Crippen molar-refractivity contribution in [3.8, 4) is 0 Å². The van der Waals surface area contributed by atoms with E-state index in [1.807, 2.05) is 20.8 Å². The Morgan fingerprint density at radius 1 is 0.921 bits per heavy atom. The van der Waals surface area contributed by atoms with Gasteiger partial charge in [0.2, 0.25) is 0 Å². The number of rotatable bonds is 5. The van der Waals surface area contributed by atoms with E-state index >= 15 is 0 Å². The molecule has 0 bridgehead atoms. The summed E-state index contributed by atoms with van der Waals surface area (Å²) in [7, 11) is -4.43. The van der Waals surface area contributed by atoms with Crippen LogP contribution < -0.4 is 0 Å². The summed E-state index contributed by atoms with van der Waals surface area (Å²) in [6.07, 6.45) is -6.33. The van der Waals surface area contributed by atoms with E-state index in [1.54, 1.807) is 12.1 Å². The van der Waals surface area contributed by atoms with Crippen molar-refractivity contribution in [3.05, 3.63) is 100 Å². The first-order chi connectivity index (χ1) is 17.5. The van der Waals surface area contributed by atoms with E-state index < -0.39 is 33.8 Å². The van der Waals surface area contributed by atoms with Crippen LogP contribution in [0.15, 0.2) is 71.6 Å². The van der Waals surface area contributed by atoms with Crippen molar-refractivity contribution >= 4 is 26.9 Å².